The lowest BCUT2D eigenvalue weighted by molar-refractivity contribution is 0.867. The average molecular weight is 691 g/mol. The van der Waals surface area contributed by atoms with E-state index in [-0.39, 0.29) is 0 Å². The maximum Gasteiger partial charge on any atom is -0.00197 e. The van der Waals surface area contributed by atoms with Crippen LogP contribution in [-0.2, 0) is 0 Å². The van der Waals surface area contributed by atoms with Crippen molar-refractivity contribution in [2.75, 3.05) is 0 Å². The molecule has 0 N–H and O–H groups in total. The Morgan fingerprint density at radius 1 is 0.259 bits per heavy atom. The Hall–Kier alpha value is -5.98. The van der Waals surface area contributed by atoms with Crippen LogP contribution in [0.2, 0.25) is 0 Å². The summed E-state index contributed by atoms with van der Waals surface area (Å²) in [6.07, 6.45) is 0. The van der Waals surface area contributed by atoms with Crippen molar-refractivity contribution in [3.63, 3.8) is 0 Å². The maximum absolute atomic E-state index is 2.51. The summed E-state index contributed by atoms with van der Waals surface area (Å²) in [5, 5.41) is 21.6. The molecule has 0 unspecified atom stereocenters. The maximum atomic E-state index is 2.51. The lowest BCUT2D eigenvalue weighted by atomic mass is 9.90. The van der Waals surface area contributed by atoms with E-state index < -0.39 is 0 Å². The normalized spacial score (nSPS) is 12.6. The largest absolute Gasteiger partial charge is 0.0587 e. The van der Waals surface area contributed by atoms with Crippen LogP contribution in [0.25, 0.3) is 108 Å². The first-order valence-corrected chi connectivity index (χ1v) is 19.6. The van der Waals surface area contributed by atoms with Crippen molar-refractivity contribution in [1.82, 2.24) is 0 Å². The van der Waals surface area contributed by atoms with Gasteiger partial charge in [0.2, 0.25) is 0 Å². The van der Waals surface area contributed by atoms with E-state index in [1.165, 1.54) is 131 Å². The predicted molar refractivity (Wildman–Crippen MR) is 237 cm³/mol. The van der Waals surface area contributed by atoms with Crippen LogP contribution in [0.15, 0.2) is 133 Å². The van der Waals surface area contributed by atoms with Crippen molar-refractivity contribution >= 4 is 86.2 Å². The third-order valence-electron chi connectivity index (χ3n) is 12.6. The zero-order valence-electron chi connectivity index (χ0n) is 31.9. The molecule has 0 nitrogen and oxygen atoms in total. The van der Waals surface area contributed by atoms with Crippen molar-refractivity contribution in [2.24, 2.45) is 0 Å². The number of rotatable bonds is 4. The van der Waals surface area contributed by atoms with Crippen LogP contribution in [0.5, 0.6) is 0 Å². The highest BCUT2D eigenvalue weighted by Crippen LogP contribution is 2.48. The predicted octanol–water partition coefficient (Wildman–Crippen LogP) is 16.0. The van der Waals surface area contributed by atoms with Gasteiger partial charge in [0.25, 0.3) is 0 Å². The van der Waals surface area contributed by atoms with E-state index in [1.54, 1.807) is 0 Å². The lowest BCUT2D eigenvalue weighted by Gasteiger charge is -2.13. The SMILES string of the molecule is Cc1cc2c3ccc4c(cc5c6ccc(-c7ccc(C(C)C)cc7)cc6c6cc(C)cc4c65)c3cc3c4ccc(-c5ccc(C(C)C)cc5)cc4c(c1)c23. The zero-order valence-corrected chi connectivity index (χ0v) is 31.9. The molecule has 0 bridgehead atoms. The van der Waals surface area contributed by atoms with Crippen LogP contribution in [-0.4, -0.2) is 0 Å². The van der Waals surface area contributed by atoms with E-state index >= 15 is 0 Å². The van der Waals surface area contributed by atoms with Gasteiger partial charge in [-0.1, -0.05) is 137 Å². The summed E-state index contributed by atoms with van der Waals surface area (Å²) in [6.45, 7) is 13.5. The molecule has 54 heavy (non-hydrogen) atoms. The first-order chi connectivity index (χ1) is 26.2. The van der Waals surface area contributed by atoms with Gasteiger partial charge in [-0.15, -0.1) is 0 Å². The van der Waals surface area contributed by atoms with Crippen LogP contribution >= 0.6 is 0 Å². The van der Waals surface area contributed by atoms with E-state index in [1.807, 2.05) is 0 Å². The molecular weight excluding hydrogens is 649 g/mol. The van der Waals surface area contributed by atoms with Gasteiger partial charge >= 0.3 is 0 Å². The van der Waals surface area contributed by atoms with E-state index in [0.29, 0.717) is 11.8 Å². The Labute approximate surface area is 316 Å². The van der Waals surface area contributed by atoms with E-state index in [9.17, 15) is 0 Å². The third-order valence-corrected chi connectivity index (χ3v) is 12.6. The second kappa shape index (κ2) is 11.3. The molecule has 0 aromatic heterocycles. The van der Waals surface area contributed by atoms with E-state index in [4.69, 9.17) is 0 Å². The molecule has 258 valence electrons. The Balaban J connectivity index is 1.18. The molecule has 11 aromatic carbocycles. The molecule has 0 aliphatic carbocycles. The number of fused-ring (bicyclic) bond motifs is 11. The van der Waals surface area contributed by atoms with Gasteiger partial charge in [-0.3, -0.25) is 0 Å². The summed E-state index contributed by atoms with van der Waals surface area (Å²) in [6, 6.07) is 52.0. The van der Waals surface area contributed by atoms with Gasteiger partial charge in [-0.05, 0) is 181 Å². The average Bonchev–Trinajstić information content (AvgIpc) is 3.66. The quantitative estimate of drug-likeness (QED) is 0.161. The molecule has 11 rings (SSSR count). The second-order valence-corrected chi connectivity index (χ2v) is 16.6. The minimum Gasteiger partial charge on any atom is -0.0587 e. The highest BCUT2D eigenvalue weighted by molar-refractivity contribution is 6.40. The van der Waals surface area contributed by atoms with Crippen molar-refractivity contribution < 1.29 is 0 Å². The van der Waals surface area contributed by atoms with Gasteiger partial charge in [0, 0.05) is 0 Å². The number of hydrogen-bond donors (Lipinski definition) is 0. The Kier molecular flexibility index (Phi) is 6.58. The molecule has 0 aliphatic rings. The lowest BCUT2D eigenvalue weighted by Crippen LogP contribution is -1.86. The molecule has 0 aliphatic heterocycles. The second-order valence-electron chi connectivity index (χ2n) is 16.6. The van der Waals surface area contributed by atoms with Gasteiger partial charge < -0.3 is 0 Å². The molecule has 0 saturated carbocycles. The molecule has 0 heterocycles. The summed E-state index contributed by atoms with van der Waals surface area (Å²) in [4.78, 5) is 0. The van der Waals surface area contributed by atoms with Crippen molar-refractivity contribution in [1.29, 1.82) is 0 Å². The number of hydrogen-bond acceptors (Lipinski definition) is 0. The third kappa shape index (κ3) is 4.44. The summed E-state index contributed by atoms with van der Waals surface area (Å²) in [5.41, 5.74) is 10.5. The summed E-state index contributed by atoms with van der Waals surface area (Å²) in [5.74, 6) is 1.05. The van der Waals surface area contributed by atoms with Crippen molar-refractivity contribution in [3.05, 3.63) is 156 Å². The minimum atomic E-state index is 0.526. The molecule has 0 fully saturated rings. The van der Waals surface area contributed by atoms with Gasteiger partial charge in [0.05, 0.1) is 0 Å². The van der Waals surface area contributed by atoms with Crippen molar-refractivity contribution in [3.8, 4) is 22.3 Å². The molecule has 0 radical (unpaired) electrons. The van der Waals surface area contributed by atoms with Crippen LogP contribution in [0, 0.1) is 13.8 Å². The number of benzene rings is 9. The molecule has 0 heteroatoms. The summed E-state index contributed by atoms with van der Waals surface area (Å²) >= 11 is 0. The van der Waals surface area contributed by atoms with Crippen LogP contribution in [0.3, 0.4) is 0 Å². The van der Waals surface area contributed by atoms with E-state index in [2.05, 4.69) is 175 Å². The van der Waals surface area contributed by atoms with Gasteiger partial charge in [0.1, 0.15) is 0 Å². The molecule has 0 spiro atoms. The van der Waals surface area contributed by atoms with Crippen LogP contribution in [0.1, 0.15) is 61.8 Å². The van der Waals surface area contributed by atoms with Crippen molar-refractivity contribution in [2.45, 2.75) is 53.4 Å². The van der Waals surface area contributed by atoms with Gasteiger partial charge in [0.15, 0.2) is 0 Å². The highest BCUT2D eigenvalue weighted by Gasteiger charge is 2.20. The monoisotopic (exact) mass is 690 g/mol. The minimum absolute atomic E-state index is 0.526. The van der Waals surface area contributed by atoms with Crippen LogP contribution in [0.4, 0.5) is 0 Å². The smallest absolute Gasteiger partial charge is 0.00197 e. The summed E-state index contributed by atoms with van der Waals surface area (Å²) < 4.78 is 0. The fourth-order valence-corrected chi connectivity index (χ4v) is 9.76. The topological polar surface area (TPSA) is 0 Å². The molecule has 0 atom stereocenters. The fourth-order valence-electron chi connectivity index (χ4n) is 9.76. The number of aryl methyl sites for hydroxylation is 2. The Bertz CT molecular complexity index is 3080. The van der Waals surface area contributed by atoms with Gasteiger partial charge in [-0.25, -0.2) is 0 Å². The zero-order chi connectivity index (χ0) is 36.6. The Morgan fingerprint density at radius 2 is 0.537 bits per heavy atom. The molecule has 0 saturated heterocycles. The molecule has 11 aromatic rings. The fraction of sp³-hybridized carbons (Fsp3) is 0.148. The highest BCUT2D eigenvalue weighted by atomic mass is 14.2. The van der Waals surface area contributed by atoms with E-state index in [0.717, 1.165) is 0 Å². The van der Waals surface area contributed by atoms with Crippen LogP contribution < -0.4 is 0 Å². The molecular formula is C54H42. The Morgan fingerprint density at radius 3 is 0.889 bits per heavy atom. The first-order valence-electron chi connectivity index (χ1n) is 19.6. The standard InChI is InChI=1S/C54H42/c1-29(2)33-7-11-35(12-8-33)37-15-17-39-43(25-37)49-23-31(5)21-47-41-19-20-42-46(45(41)27-51(39)53(47)49)28-52-40-18-16-38(36-13-9-34(10-14-36)30(3)4)26-44(40)50-24-32(6)22-48(42)54(50)52/h7-30H,1-6H3. The molecule has 0 amide bonds. The first kappa shape index (κ1) is 31.5. The van der Waals surface area contributed by atoms with Gasteiger partial charge in [-0.2, -0.15) is 0 Å². The summed E-state index contributed by atoms with van der Waals surface area (Å²) in [7, 11) is 0.